The van der Waals surface area contributed by atoms with E-state index >= 15 is 0 Å². The summed E-state index contributed by atoms with van der Waals surface area (Å²) >= 11 is 0. The van der Waals surface area contributed by atoms with Crippen LogP contribution in [-0.2, 0) is 6.42 Å². The van der Waals surface area contributed by atoms with Crippen LogP contribution in [0.25, 0.3) is 27.7 Å². The fraction of sp³-hybridized carbons (Fsp3) is 0.0909. The van der Waals surface area contributed by atoms with Crippen molar-refractivity contribution in [3.8, 4) is 11.3 Å². The number of aromatic nitrogens is 5. The highest BCUT2D eigenvalue weighted by Crippen LogP contribution is 2.27. The lowest BCUT2D eigenvalue weighted by atomic mass is 10.1. The Labute approximate surface area is 175 Å². The first-order valence-electron chi connectivity index (χ1n) is 9.69. The van der Waals surface area contributed by atoms with Crippen LogP contribution in [0.5, 0.6) is 0 Å². The van der Waals surface area contributed by atoms with Gasteiger partial charge in [0.1, 0.15) is 17.7 Å². The van der Waals surface area contributed by atoms with Gasteiger partial charge in [-0.15, -0.1) is 0 Å². The van der Waals surface area contributed by atoms with E-state index in [2.05, 4.69) is 25.6 Å². The average molecular weight is 415 g/mol. The van der Waals surface area contributed by atoms with Gasteiger partial charge in [0.15, 0.2) is 11.5 Å². The van der Waals surface area contributed by atoms with Gasteiger partial charge in [-0.1, -0.05) is 18.2 Å². The number of aromatic amines is 1. The molecule has 0 aliphatic heterocycles. The second-order valence-electron chi connectivity index (χ2n) is 7.13. The molecule has 8 nitrogen and oxygen atoms in total. The minimum absolute atomic E-state index is 0.292. The van der Waals surface area contributed by atoms with Gasteiger partial charge in [-0.3, -0.25) is 9.89 Å². The molecular weight excluding hydrogens is 397 g/mol. The summed E-state index contributed by atoms with van der Waals surface area (Å²) in [6, 6.07) is 15.8. The molecule has 0 aliphatic rings. The lowest BCUT2D eigenvalue weighted by Crippen LogP contribution is -2.26. The highest BCUT2D eigenvalue weighted by molar-refractivity contribution is 6.05. The number of carbonyl (C=O) groups is 1. The summed E-state index contributed by atoms with van der Waals surface area (Å²) in [5.74, 6) is -0.199. The number of nitrogens with zero attached hydrogens (tertiary/aromatic N) is 4. The van der Waals surface area contributed by atoms with Crippen molar-refractivity contribution < 1.29 is 9.18 Å². The Morgan fingerprint density at radius 1 is 1.16 bits per heavy atom. The van der Waals surface area contributed by atoms with Gasteiger partial charge < -0.3 is 11.1 Å². The molecule has 5 rings (SSSR count). The van der Waals surface area contributed by atoms with Crippen molar-refractivity contribution in [1.29, 1.82) is 0 Å². The van der Waals surface area contributed by atoms with Crippen LogP contribution < -0.4 is 11.1 Å². The molecule has 2 aromatic carbocycles. The van der Waals surface area contributed by atoms with E-state index < -0.39 is 0 Å². The Hall–Kier alpha value is -4.27. The van der Waals surface area contributed by atoms with Crippen molar-refractivity contribution in [1.82, 2.24) is 30.1 Å². The summed E-state index contributed by atoms with van der Waals surface area (Å²) in [6.45, 7) is 0.371. The number of benzene rings is 2. The molecule has 0 saturated carbocycles. The van der Waals surface area contributed by atoms with Crippen LogP contribution in [-0.4, -0.2) is 37.2 Å². The van der Waals surface area contributed by atoms with Gasteiger partial charge in [-0.2, -0.15) is 10.2 Å². The van der Waals surface area contributed by atoms with Crippen LogP contribution in [0, 0.1) is 5.82 Å². The molecule has 4 N–H and O–H groups in total. The van der Waals surface area contributed by atoms with Crippen molar-refractivity contribution in [2.24, 2.45) is 0 Å². The first-order chi connectivity index (χ1) is 15.1. The molecule has 31 heavy (non-hydrogen) atoms. The highest BCUT2D eigenvalue weighted by Gasteiger charge is 2.16. The molecule has 9 heteroatoms. The normalized spacial score (nSPS) is 11.3. The number of anilines is 1. The number of hydrogen-bond acceptors (Lipinski definition) is 5. The van der Waals surface area contributed by atoms with Crippen molar-refractivity contribution in [2.45, 2.75) is 6.42 Å². The van der Waals surface area contributed by atoms with E-state index in [0.717, 1.165) is 22.3 Å². The Kier molecular flexibility index (Phi) is 4.55. The number of amides is 1. The number of nitrogens with one attached hydrogen (secondary N) is 2. The van der Waals surface area contributed by atoms with Crippen molar-refractivity contribution in [3.05, 3.63) is 78.0 Å². The standard InChI is InChI=1S/C22H18FN7O/c23-15-3-1-2-13(10-15)8-9-25-22(31)20-16-11-14(4-5-17(16)28-29-20)18-6-7-19-21(24)26-12-27-30(18)19/h1-7,10-12H,8-9H2,(H,25,31)(H,28,29)(H2,24,26,27). The Morgan fingerprint density at radius 3 is 2.94 bits per heavy atom. The van der Waals surface area contributed by atoms with Gasteiger partial charge in [-0.25, -0.2) is 13.9 Å². The van der Waals surface area contributed by atoms with E-state index in [1.165, 1.54) is 18.5 Å². The fourth-order valence-corrected chi connectivity index (χ4v) is 3.61. The monoisotopic (exact) mass is 415 g/mol. The summed E-state index contributed by atoms with van der Waals surface area (Å²) in [5, 5.41) is 14.9. The molecule has 0 atom stereocenters. The van der Waals surface area contributed by atoms with E-state index in [0.29, 0.717) is 35.4 Å². The van der Waals surface area contributed by atoms with Crippen LogP contribution in [0.15, 0.2) is 60.9 Å². The minimum atomic E-state index is -0.300. The summed E-state index contributed by atoms with van der Waals surface area (Å²) in [4.78, 5) is 16.7. The predicted octanol–water partition coefficient (Wildman–Crippen LogP) is 2.97. The maximum absolute atomic E-state index is 13.3. The third kappa shape index (κ3) is 3.46. The maximum atomic E-state index is 13.3. The first-order valence-corrected chi connectivity index (χ1v) is 9.69. The molecule has 0 unspecified atom stereocenters. The molecule has 0 radical (unpaired) electrons. The zero-order chi connectivity index (χ0) is 21.4. The number of H-pyrrole nitrogens is 1. The molecule has 0 aliphatic carbocycles. The summed E-state index contributed by atoms with van der Waals surface area (Å²) in [5.41, 5.74) is 10.2. The molecule has 0 saturated heterocycles. The Balaban J connectivity index is 1.41. The number of halogens is 1. The third-order valence-electron chi connectivity index (χ3n) is 5.14. The minimum Gasteiger partial charge on any atom is -0.382 e. The number of rotatable bonds is 5. The zero-order valence-electron chi connectivity index (χ0n) is 16.3. The fourth-order valence-electron chi connectivity index (χ4n) is 3.61. The highest BCUT2D eigenvalue weighted by atomic mass is 19.1. The van der Waals surface area contributed by atoms with Crippen molar-refractivity contribution >= 4 is 28.1 Å². The number of fused-ring (bicyclic) bond motifs is 2. The average Bonchev–Trinajstić information content (AvgIpc) is 3.38. The maximum Gasteiger partial charge on any atom is 0.272 e. The quantitative estimate of drug-likeness (QED) is 0.408. The van der Waals surface area contributed by atoms with Crippen molar-refractivity contribution in [2.75, 3.05) is 12.3 Å². The molecule has 3 aromatic heterocycles. The smallest absolute Gasteiger partial charge is 0.272 e. The molecule has 0 spiro atoms. The summed E-state index contributed by atoms with van der Waals surface area (Å²) in [7, 11) is 0. The largest absolute Gasteiger partial charge is 0.382 e. The van der Waals surface area contributed by atoms with E-state index in [1.807, 2.05) is 36.4 Å². The second kappa shape index (κ2) is 7.52. The van der Waals surface area contributed by atoms with Gasteiger partial charge in [0.05, 0.1) is 11.2 Å². The predicted molar refractivity (Wildman–Crippen MR) is 115 cm³/mol. The summed E-state index contributed by atoms with van der Waals surface area (Å²) < 4.78 is 15.0. The van der Waals surface area contributed by atoms with Gasteiger partial charge in [0.25, 0.3) is 5.91 Å². The van der Waals surface area contributed by atoms with E-state index in [4.69, 9.17) is 5.73 Å². The van der Waals surface area contributed by atoms with Gasteiger partial charge >= 0.3 is 0 Å². The van der Waals surface area contributed by atoms with Crippen LogP contribution in [0.2, 0.25) is 0 Å². The molecular formula is C22H18FN7O. The van der Waals surface area contributed by atoms with Crippen LogP contribution in [0.4, 0.5) is 10.2 Å². The molecule has 0 fully saturated rings. The zero-order valence-corrected chi connectivity index (χ0v) is 16.3. The molecule has 0 bridgehead atoms. The number of nitrogen functional groups attached to an aromatic ring is 1. The number of hydrogen-bond donors (Lipinski definition) is 3. The van der Waals surface area contributed by atoms with Crippen LogP contribution >= 0.6 is 0 Å². The molecule has 1 amide bonds. The van der Waals surface area contributed by atoms with E-state index in [-0.39, 0.29) is 11.7 Å². The van der Waals surface area contributed by atoms with E-state index in [9.17, 15) is 9.18 Å². The lowest BCUT2D eigenvalue weighted by Gasteiger charge is -2.05. The molecule has 154 valence electrons. The van der Waals surface area contributed by atoms with Gasteiger partial charge in [0, 0.05) is 17.5 Å². The first kappa shape index (κ1) is 18.7. The molecule has 5 aromatic rings. The topological polar surface area (TPSA) is 114 Å². The van der Waals surface area contributed by atoms with E-state index in [1.54, 1.807) is 10.6 Å². The van der Waals surface area contributed by atoms with Crippen LogP contribution in [0.3, 0.4) is 0 Å². The number of nitrogens with two attached hydrogens (primary N) is 1. The van der Waals surface area contributed by atoms with Crippen LogP contribution in [0.1, 0.15) is 16.1 Å². The van der Waals surface area contributed by atoms with Gasteiger partial charge in [-0.05, 0) is 48.4 Å². The second-order valence-corrected chi connectivity index (χ2v) is 7.13. The van der Waals surface area contributed by atoms with Gasteiger partial charge in [0.2, 0.25) is 0 Å². The van der Waals surface area contributed by atoms with Crippen molar-refractivity contribution in [3.63, 3.8) is 0 Å². The Morgan fingerprint density at radius 2 is 2.06 bits per heavy atom. The third-order valence-corrected chi connectivity index (χ3v) is 5.14. The Bertz CT molecular complexity index is 1420. The SMILES string of the molecule is Nc1ncnn2c(-c3ccc4[nH]nc(C(=O)NCCc5cccc(F)c5)c4c3)ccc12. The lowest BCUT2D eigenvalue weighted by molar-refractivity contribution is 0.0950. The molecule has 3 heterocycles. The number of carbonyl (C=O) groups excluding carboxylic acids is 1. The summed E-state index contributed by atoms with van der Waals surface area (Å²) in [6.07, 6.45) is 1.92.